The van der Waals surface area contributed by atoms with Crippen LogP contribution in [-0.4, -0.2) is 78.1 Å². The Hall–Kier alpha value is 0.905. The molecule has 6 heteroatoms. The van der Waals surface area contributed by atoms with Crippen molar-refractivity contribution in [2.24, 2.45) is 0 Å². The molecule has 0 amide bonds. The molecular formula is C15H44Al2O4. The van der Waals surface area contributed by atoms with Crippen LogP contribution < -0.4 is 0 Å². The van der Waals surface area contributed by atoms with E-state index in [-0.39, 0.29) is 40.8 Å². The van der Waals surface area contributed by atoms with Gasteiger partial charge in [0.05, 0.1) is 16.8 Å². The summed E-state index contributed by atoms with van der Waals surface area (Å²) in [5, 5.41) is 33.6. The number of rotatable bonds is 0. The summed E-state index contributed by atoms with van der Waals surface area (Å²) >= 11 is 0. The van der Waals surface area contributed by atoms with Gasteiger partial charge in [-0.3, -0.25) is 0 Å². The molecule has 0 aromatic rings. The first-order chi connectivity index (χ1) is 7.73. The molecule has 4 nitrogen and oxygen atoms in total. The van der Waals surface area contributed by atoms with Gasteiger partial charge in [0.25, 0.3) is 0 Å². The summed E-state index contributed by atoms with van der Waals surface area (Å²) in [6.07, 6.45) is -0.167. The van der Waals surface area contributed by atoms with Crippen LogP contribution in [0, 0.1) is 0 Å². The van der Waals surface area contributed by atoms with E-state index in [2.05, 4.69) is 0 Å². The topological polar surface area (TPSA) is 80.9 Å². The Kier molecular flexibility index (Phi) is 31.1. The summed E-state index contributed by atoms with van der Waals surface area (Å²) in [6, 6.07) is 0. The minimum absolute atomic E-state index is 0. The quantitative estimate of drug-likeness (QED) is 0.479. The third kappa shape index (κ3) is 9120. The average molecular weight is 342 g/mol. The van der Waals surface area contributed by atoms with E-state index < -0.39 is 16.8 Å². The van der Waals surface area contributed by atoms with E-state index >= 15 is 0 Å². The van der Waals surface area contributed by atoms with Crippen LogP contribution in [0.4, 0.5) is 0 Å². The average Bonchev–Trinajstić information content (AvgIpc) is 1.66. The highest BCUT2D eigenvalue weighted by molar-refractivity contribution is 5.76. The molecule has 0 atom stereocenters. The standard InChI is InChI=1S/3C4H10O.C3H8O.2Al.6H/c3*1-4(2,3)5;1-3(2)4;;;;;;;;/h3*5H,1-3H3;3-4H,1-2H3;;;;;;;;. The highest BCUT2D eigenvalue weighted by Gasteiger charge is 1.98. The zero-order valence-corrected chi connectivity index (χ0v) is 14.9. The molecule has 0 radical (unpaired) electrons. The van der Waals surface area contributed by atoms with Crippen LogP contribution in [0.25, 0.3) is 0 Å². The molecule has 0 aromatic carbocycles. The number of hydrogen-bond donors (Lipinski definition) is 4. The minimum atomic E-state index is -0.500. The summed E-state index contributed by atoms with van der Waals surface area (Å²) in [5.41, 5.74) is -1.50. The second-order valence-corrected chi connectivity index (χ2v) is 7.61. The van der Waals surface area contributed by atoms with Gasteiger partial charge < -0.3 is 20.4 Å². The zero-order chi connectivity index (χ0) is 17.1. The highest BCUT2D eigenvalue weighted by Crippen LogP contribution is 1.94. The number of hydrogen-bond acceptors (Lipinski definition) is 4. The summed E-state index contributed by atoms with van der Waals surface area (Å²) in [6.45, 7) is 19.1. The fourth-order valence-electron chi connectivity index (χ4n) is 0. The van der Waals surface area contributed by atoms with E-state index in [1.54, 1.807) is 76.2 Å². The smallest absolute Gasteiger partial charge is 0.187 e. The van der Waals surface area contributed by atoms with Crippen molar-refractivity contribution in [3.05, 3.63) is 0 Å². The van der Waals surface area contributed by atoms with Gasteiger partial charge in [-0.05, 0) is 76.2 Å². The van der Waals surface area contributed by atoms with Crippen LogP contribution in [0.1, 0.15) is 76.2 Å². The SMILES string of the molecule is CC(C)(C)O.CC(C)(C)O.CC(C)(C)O.CC(C)O.[AlH3].[AlH3]. The van der Waals surface area contributed by atoms with Gasteiger partial charge in [-0.15, -0.1) is 0 Å². The highest BCUT2D eigenvalue weighted by atomic mass is 27.0. The van der Waals surface area contributed by atoms with Crippen molar-refractivity contribution in [3.63, 3.8) is 0 Å². The normalized spacial score (nSPS) is 10.3. The molecule has 0 aliphatic carbocycles. The van der Waals surface area contributed by atoms with Crippen LogP contribution in [0.2, 0.25) is 0 Å². The molecule has 21 heavy (non-hydrogen) atoms. The molecule has 0 aliphatic rings. The molecule has 0 spiro atoms. The largest absolute Gasteiger partial charge is 0.394 e. The fourth-order valence-corrected chi connectivity index (χ4v) is 0. The van der Waals surface area contributed by atoms with Gasteiger partial charge in [-0.2, -0.15) is 0 Å². The van der Waals surface area contributed by atoms with Crippen molar-refractivity contribution >= 4 is 34.7 Å². The second-order valence-electron chi connectivity index (χ2n) is 7.61. The predicted octanol–water partition coefficient (Wildman–Crippen LogP) is 0.351. The van der Waals surface area contributed by atoms with Crippen molar-refractivity contribution in [1.82, 2.24) is 0 Å². The van der Waals surface area contributed by atoms with E-state index in [9.17, 15) is 0 Å². The van der Waals surface area contributed by atoms with Gasteiger partial charge in [0.1, 0.15) is 0 Å². The lowest BCUT2D eigenvalue weighted by atomic mass is 10.2. The van der Waals surface area contributed by atoms with E-state index in [1.165, 1.54) is 0 Å². The van der Waals surface area contributed by atoms with Crippen molar-refractivity contribution in [2.75, 3.05) is 0 Å². The van der Waals surface area contributed by atoms with E-state index in [0.29, 0.717) is 0 Å². The Morgan fingerprint density at radius 2 is 0.524 bits per heavy atom. The van der Waals surface area contributed by atoms with Crippen LogP contribution >= 0.6 is 0 Å². The number of aliphatic hydroxyl groups is 4. The first kappa shape index (κ1) is 37.8. The van der Waals surface area contributed by atoms with Crippen molar-refractivity contribution < 1.29 is 20.4 Å². The summed E-state index contributed by atoms with van der Waals surface area (Å²) < 4.78 is 0. The fraction of sp³-hybridized carbons (Fsp3) is 1.00. The van der Waals surface area contributed by atoms with Crippen molar-refractivity contribution in [1.29, 1.82) is 0 Å². The van der Waals surface area contributed by atoms with Crippen LogP contribution in [0.5, 0.6) is 0 Å². The van der Waals surface area contributed by atoms with Crippen molar-refractivity contribution in [2.45, 2.75) is 99.1 Å². The Bertz CT molecular complexity index is 128. The lowest BCUT2D eigenvalue weighted by molar-refractivity contribution is 0.101. The molecule has 0 bridgehead atoms. The van der Waals surface area contributed by atoms with Crippen LogP contribution in [0.15, 0.2) is 0 Å². The molecule has 0 aliphatic heterocycles. The third-order valence-corrected chi connectivity index (χ3v) is 0. The van der Waals surface area contributed by atoms with E-state index in [4.69, 9.17) is 20.4 Å². The van der Waals surface area contributed by atoms with Gasteiger partial charge in [0.2, 0.25) is 0 Å². The summed E-state index contributed by atoms with van der Waals surface area (Å²) in [4.78, 5) is 0. The molecule has 0 saturated carbocycles. The molecule has 0 saturated heterocycles. The second kappa shape index (κ2) is 17.3. The summed E-state index contributed by atoms with van der Waals surface area (Å²) in [5.74, 6) is 0. The monoisotopic (exact) mass is 342 g/mol. The molecule has 0 rings (SSSR count). The van der Waals surface area contributed by atoms with Gasteiger partial charge in [0, 0.05) is 6.10 Å². The molecule has 0 unspecified atom stereocenters. The maximum atomic E-state index is 8.52. The first-order valence-electron chi connectivity index (χ1n) is 6.58. The van der Waals surface area contributed by atoms with Gasteiger partial charge in [-0.1, -0.05) is 0 Å². The molecule has 0 fully saturated rings. The van der Waals surface area contributed by atoms with Crippen molar-refractivity contribution in [3.8, 4) is 0 Å². The minimum Gasteiger partial charge on any atom is -0.394 e. The lowest BCUT2D eigenvalue weighted by Crippen LogP contribution is -2.10. The van der Waals surface area contributed by atoms with E-state index in [0.717, 1.165) is 0 Å². The first-order valence-corrected chi connectivity index (χ1v) is 6.58. The zero-order valence-electron chi connectivity index (χ0n) is 14.9. The molecule has 134 valence electrons. The lowest BCUT2D eigenvalue weighted by Gasteiger charge is -2.04. The maximum Gasteiger partial charge on any atom is 0.187 e. The van der Waals surface area contributed by atoms with Gasteiger partial charge in [-0.25, -0.2) is 0 Å². The number of aliphatic hydroxyl groups excluding tert-OH is 1. The summed E-state index contributed by atoms with van der Waals surface area (Å²) in [7, 11) is 0. The molecule has 0 aromatic heterocycles. The Morgan fingerprint density at radius 3 is 0.524 bits per heavy atom. The van der Waals surface area contributed by atoms with E-state index in [1.807, 2.05) is 0 Å². The molecular weight excluding hydrogens is 298 g/mol. The molecule has 4 N–H and O–H groups in total. The molecule has 0 heterocycles. The third-order valence-electron chi connectivity index (χ3n) is 0. The Balaban J connectivity index is -0.0000000347. The van der Waals surface area contributed by atoms with Gasteiger partial charge >= 0.3 is 0 Å². The van der Waals surface area contributed by atoms with Gasteiger partial charge in [0.15, 0.2) is 34.7 Å². The Morgan fingerprint density at radius 1 is 0.524 bits per heavy atom. The van der Waals surface area contributed by atoms with Crippen LogP contribution in [-0.2, 0) is 0 Å². The van der Waals surface area contributed by atoms with Crippen LogP contribution in [0.3, 0.4) is 0 Å². The Labute approximate surface area is 154 Å². The predicted molar refractivity (Wildman–Crippen MR) is 103 cm³/mol. The maximum absolute atomic E-state index is 8.52.